The highest BCUT2D eigenvalue weighted by molar-refractivity contribution is 7.89. The number of hydrogen-bond acceptors (Lipinski definition) is 3. The van der Waals surface area contributed by atoms with Crippen LogP contribution in [0.5, 0.6) is 0 Å². The van der Waals surface area contributed by atoms with Crippen LogP contribution in [0, 0.1) is 5.82 Å². The van der Waals surface area contributed by atoms with Gasteiger partial charge < -0.3 is 0 Å². The molecule has 0 aliphatic rings. The van der Waals surface area contributed by atoms with E-state index in [1.165, 1.54) is 24.3 Å². The number of hydrogen-bond donors (Lipinski definition) is 2. The van der Waals surface area contributed by atoms with Gasteiger partial charge in [0.1, 0.15) is 5.82 Å². The van der Waals surface area contributed by atoms with Gasteiger partial charge >= 0.3 is 0 Å². The Kier molecular flexibility index (Phi) is 4.11. The Morgan fingerprint density at radius 3 is 2.35 bits per heavy atom. The molecule has 0 heterocycles. The smallest absolute Gasteiger partial charge is 0.266 e. The van der Waals surface area contributed by atoms with Crippen LogP contribution in [-0.4, -0.2) is 14.3 Å². The molecule has 104 valence electrons. The van der Waals surface area contributed by atoms with Gasteiger partial charge in [-0.3, -0.25) is 10.2 Å². The summed E-state index contributed by atoms with van der Waals surface area (Å²) in [7, 11) is -4.01. The van der Waals surface area contributed by atoms with Crippen molar-refractivity contribution in [2.24, 2.45) is 0 Å². The molecule has 0 fully saturated rings. The van der Waals surface area contributed by atoms with E-state index in [0.717, 1.165) is 12.1 Å². The largest absolute Gasteiger partial charge is 0.273 e. The average Bonchev–Trinajstić information content (AvgIpc) is 2.46. The summed E-state index contributed by atoms with van der Waals surface area (Å²) in [5.41, 5.74) is 2.36. The van der Waals surface area contributed by atoms with Crippen LogP contribution in [-0.2, 0) is 10.0 Å². The molecule has 0 saturated carbocycles. The zero-order valence-electron chi connectivity index (χ0n) is 10.2. The number of sulfonamides is 1. The van der Waals surface area contributed by atoms with Crippen molar-refractivity contribution in [3.63, 3.8) is 0 Å². The summed E-state index contributed by atoms with van der Waals surface area (Å²) in [5.74, 6) is -1.28. The first-order chi connectivity index (χ1) is 9.49. The minimum atomic E-state index is -4.01. The van der Waals surface area contributed by atoms with Crippen LogP contribution in [0.2, 0.25) is 0 Å². The zero-order chi connectivity index (χ0) is 14.6. The third kappa shape index (κ3) is 3.40. The van der Waals surface area contributed by atoms with E-state index in [2.05, 4.69) is 5.43 Å². The van der Waals surface area contributed by atoms with Gasteiger partial charge in [-0.1, -0.05) is 24.3 Å². The summed E-state index contributed by atoms with van der Waals surface area (Å²) in [6.45, 7) is 0. The number of halogens is 1. The van der Waals surface area contributed by atoms with Crippen molar-refractivity contribution < 1.29 is 17.6 Å². The summed E-state index contributed by atoms with van der Waals surface area (Å²) in [6.07, 6.45) is 0. The predicted octanol–water partition coefficient (Wildman–Crippen LogP) is 1.45. The van der Waals surface area contributed by atoms with E-state index >= 15 is 0 Å². The molecule has 0 atom stereocenters. The van der Waals surface area contributed by atoms with Crippen LogP contribution in [0.25, 0.3) is 0 Å². The maximum absolute atomic E-state index is 13.0. The van der Waals surface area contributed by atoms with Crippen LogP contribution in [0.15, 0.2) is 59.5 Å². The van der Waals surface area contributed by atoms with E-state index in [4.69, 9.17) is 0 Å². The summed E-state index contributed by atoms with van der Waals surface area (Å²) in [4.78, 5) is 13.3. The lowest BCUT2D eigenvalue weighted by Crippen LogP contribution is -2.41. The topological polar surface area (TPSA) is 75.3 Å². The highest BCUT2D eigenvalue weighted by Crippen LogP contribution is 2.09. The molecule has 0 saturated heterocycles. The summed E-state index contributed by atoms with van der Waals surface area (Å²) >= 11 is 0. The molecule has 0 unspecified atom stereocenters. The number of benzene rings is 2. The van der Waals surface area contributed by atoms with Gasteiger partial charge in [-0.05, 0) is 30.3 Å². The van der Waals surface area contributed by atoms with Gasteiger partial charge in [0, 0.05) is 5.56 Å². The Hall–Kier alpha value is -2.25. The Bertz CT molecular complexity index is 717. The summed E-state index contributed by atoms with van der Waals surface area (Å²) in [6, 6.07) is 12.6. The molecule has 2 N–H and O–H groups in total. The van der Waals surface area contributed by atoms with Crippen LogP contribution in [0.3, 0.4) is 0 Å². The molecule has 2 aromatic rings. The van der Waals surface area contributed by atoms with Crippen LogP contribution in [0.1, 0.15) is 10.4 Å². The Morgan fingerprint density at radius 2 is 1.70 bits per heavy atom. The van der Waals surface area contributed by atoms with Crippen molar-refractivity contribution >= 4 is 15.9 Å². The molecule has 1 amide bonds. The first kappa shape index (κ1) is 14.2. The number of hydrazine groups is 1. The van der Waals surface area contributed by atoms with E-state index in [9.17, 15) is 17.6 Å². The van der Waals surface area contributed by atoms with Crippen molar-refractivity contribution in [3.8, 4) is 0 Å². The maximum atomic E-state index is 13.0. The summed E-state index contributed by atoms with van der Waals surface area (Å²) in [5, 5.41) is 0. The van der Waals surface area contributed by atoms with Crippen molar-refractivity contribution in [3.05, 3.63) is 66.0 Å². The average molecular weight is 294 g/mol. The second-order valence-corrected chi connectivity index (χ2v) is 5.57. The van der Waals surface area contributed by atoms with E-state index in [1.54, 1.807) is 18.2 Å². The molecule has 0 spiro atoms. The molecule has 20 heavy (non-hydrogen) atoms. The monoisotopic (exact) mass is 294 g/mol. The highest BCUT2D eigenvalue weighted by atomic mass is 32.2. The molecular formula is C13H11FN2O3S. The van der Waals surface area contributed by atoms with Gasteiger partial charge in [-0.25, -0.2) is 12.8 Å². The number of nitrogens with one attached hydrogen (secondary N) is 2. The molecule has 7 heteroatoms. The van der Waals surface area contributed by atoms with Crippen molar-refractivity contribution in [2.75, 3.05) is 0 Å². The van der Waals surface area contributed by atoms with Crippen molar-refractivity contribution in [1.82, 2.24) is 10.3 Å². The molecule has 0 aromatic heterocycles. The molecule has 0 bridgehead atoms. The normalized spacial score (nSPS) is 11.1. The molecule has 0 aliphatic carbocycles. The van der Waals surface area contributed by atoms with Gasteiger partial charge in [-0.15, -0.1) is 4.83 Å². The van der Waals surface area contributed by atoms with Gasteiger partial charge in [0.25, 0.3) is 15.9 Å². The SMILES string of the molecule is O=C(NNS(=O)(=O)c1cccc(F)c1)c1ccccc1. The number of carbonyl (C=O) groups is 1. The van der Waals surface area contributed by atoms with Gasteiger partial charge in [-0.2, -0.15) is 0 Å². The second-order valence-electron chi connectivity index (χ2n) is 3.88. The lowest BCUT2D eigenvalue weighted by Gasteiger charge is -2.08. The Morgan fingerprint density at radius 1 is 1.00 bits per heavy atom. The van der Waals surface area contributed by atoms with Crippen LogP contribution >= 0.6 is 0 Å². The lowest BCUT2D eigenvalue weighted by molar-refractivity contribution is 0.0945. The third-order valence-electron chi connectivity index (χ3n) is 2.44. The Balaban J connectivity index is 2.09. The van der Waals surface area contributed by atoms with Gasteiger partial charge in [0.2, 0.25) is 0 Å². The fraction of sp³-hybridized carbons (Fsp3) is 0. The quantitative estimate of drug-likeness (QED) is 0.838. The van der Waals surface area contributed by atoms with Crippen molar-refractivity contribution in [2.45, 2.75) is 4.90 Å². The fourth-order valence-electron chi connectivity index (χ4n) is 1.47. The van der Waals surface area contributed by atoms with E-state index in [1.807, 2.05) is 4.83 Å². The first-order valence-electron chi connectivity index (χ1n) is 5.62. The molecule has 5 nitrogen and oxygen atoms in total. The number of carbonyl (C=O) groups excluding carboxylic acids is 1. The first-order valence-corrected chi connectivity index (χ1v) is 7.10. The summed E-state index contributed by atoms with van der Waals surface area (Å²) < 4.78 is 36.6. The lowest BCUT2D eigenvalue weighted by atomic mass is 10.2. The number of amides is 1. The molecule has 0 radical (unpaired) electrons. The molecular weight excluding hydrogens is 283 g/mol. The fourth-order valence-corrected chi connectivity index (χ4v) is 2.34. The standard InChI is InChI=1S/C13H11FN2O3S/c14-11-7-4-8-12(9-11)20(18,19)16-15-13(17)10-5-2-1-3-6-10/h1-9,16H,(H,15,17). The van der Waals surface area contributed by atoms with Crippen LogP contribution in [0.4, 0.5) is 4.39 Å². The minimum absolute atomic E-state index is 0.272. The Labute approximate surface area is 115 Å². The van der Waals surface area contributed by atoms with Gasteiger partial charge in [0.15, 0.2) is 0 Å². The zero-order valence-corrected chi connectivity index (χ0v) is 11.0. The van der Waals surface area contributed by atoms with Gasteiger partial charge in [0.05, 0.1) is 4.90 Å². The molecule has 0 aliphatic heterocycles. The van der Waals surface area contributed by atoms with E-state index < -0.39 is 21.7 Å². The predicted molar refractivity (Wildman–Crippen MR) is 70.6 cm³/mol. The van der Waals surface area contributed by atoms with E-state index in [0.29, 0.717) is 5.56 Å². The number of rotatable bonds is 4. The van der Waals surface area contributed by atoms with Crippen LogP contribution < -0.4 is 10.3 Å². The van der Waals surface area contributed by atoms with E-state index in [-0.39, 0.29) is 4.90 Å². The molecule has 2 aromatic carbocycles. The highest BCUT2D eigenvalue weighted by Gasteiger charge is 2.16. The third-order valence-corrected chi connectivity index (χ3v) is 3.69. The minimum Gasteiger partial charge on any atom is -0.273 e. The maximum Gasteiger partial charge on any atom is 0.266 e. The molecule has 2 rings (SSSR count). The van der Waals surface area contributed by atoms with Crippen molar-refractivity contribution in [1.29, 1.82) is 0 Å². The second kappa shape index (κ2) is 5.81.